The first kappa shape index (κ1) is 20.4. The van der Waals surface area contributed by atoms with Gasteiger partial charge in [0.15, 0.2) is 0 Å². The van der Waals surface area contributed by atoms with Crippen LogP contribution in [-0.2, 0) is 16.1 Å². The van der Waals surface area contributed by atoms with Gasteiger partial charge in [-0.2, -0.15) is 0 Å². The number of nitrogens with one attached hydrogen (secondary N) is 2. The zero-order chi connectivity index (χ0) is 18.9. The number of benzene rings is 1. The van der Waals surface area contributed by atoms with Crippen molar-refractivity contribution in [2.75, 3.05) is 18.4 Å². The second-order valence-electron chi connectivity index (χ2n) is 7.77. The molecule has 2 amide bonds. The first-order chi connectivity index (χ1) is 12.4. The Morgan fingerprint density at radius 2 is 1.88 bits per heavy atom. The van der Waals surface area contributed by atoms with Gasteiger partial charge in [0.1, 0.15) is 0 Å². The normalized spacial score (nSPS) is 17.9. The largest absolute Gasteiger partial charge is 0.347 e. The van der Waals surface area contributed by atoms with E-state index in [1.807, 2.05) is 12.1 Å². The smallest absolute Gasteiger partial charge is 0.243 e. The number of piperidine rings is 1. The highest BCUT2D eigenvalue weighted by Gasteiger charge is 2.18. The second-order valence-corrected chi connectivity index (χ2v) is 7.77. The highest BCUT2D eigenvalue weighted by molar-refractivity contribution is 5.94. The van der Waals surface area contributed by atoms with E-state index in [1.54, 1.807) is 0 Å². The molecule has 1 aliphatic heterocycles. The molecule has 1 saturated heterocycles. The molecule has 1 fully saturated rings. The highest BCUT2D eigenvalue weighted by atomic mass is 16.2. The van der Waals surface area contributed by atoms with E-state index in [0.717, 1.165) is 25.2 Å². The van der Waals surface area contributed by atoms with E-state index in [2.05, 4.69) is 48.4 Å². The lowest BCUT2D eigenvalue weighted by Gasteiger charge is -2.33. The number of rotatable bonds is 8. The molecule has 144 valence electrons. The Labute approximate surface area is 157 Å². The minimum absolute atomic E-state index is 0.0178. The van der Waals surface area contributed by atoms with Crippen LogP contribution in [0.25, 0.3) is 0 Å². The number of anilines is 1. The number of amides is 2. The number of carbonyl (C=O) groups is 2. The summed E-state index contributed by atoms with van der Waals surface area (Å²) in [5, 5.41) is 5.51. The number of likely N-dealkylation sites (tertiary alicyclic amines) is 1. The van der Waals surface area contributed by atoms with Crippen LogP contribution in [0.1, 0.15) is 58.4 Å². The van der Waals surface area contributed by atoms with Crippen LogP contribution in [0.4, 0.5) is 5.69 Å². The fourth-order valence-electron chi connectivity index (χ4n) is 3.21. The molecule has 1 aromatic carbocycles. The highest BCUT2D eigenvalue weighted by Crippen LogP contribution is 2.20. The molecule has 0 aromatic heterocycles. The molecule has 2 N–H and O–H groups in total. The van der Waals surface area contributed by atoms with E-state index in [1.165, 1.54) is 24.8 Å². The van der Waals surface area contributed by atoms with Crippen LogP contribution in [0.15, 0.2) is 24.3 Å². The van der Waals surface area contributed by atoms with Crippen LogP contribution in [0.2, 0.25) is 0 Å². The van der Waals surface area contributed by atoms with Crippen molar-refractivity contribution < 1.29 is 9.59 Å². The van der Waals surface area contributed by atoms with Gasteiger partial charge in [-0.3, -0.25) is 14.5 Å². The summed E-state index contributed by atoms with van der Waals surface area (Å²) in [6, 6.07) is 8.64. The van der Waals surface area contributed by atoms with Crippen molar-refractivity contribution in [1.29, 1.82) is 0 Å². The Kier molecular flexibility index (Phi) is 8.10. The van der Waals surface area contributed by atoms with Crippen molar-refractivity contribution >= 4 is 17.5 Å². The standard InChI is InChI=1S/C21H33N3O2/c1-16(2)7-12-20(25)22-14-21(26)23-19-10-8-18(9-11-19)15-24-13-5-4-6-17(24)3/h8-11,16-17H,4-7,12-15H2,1-3H3,(H,22,25)(H,23,26). The van der Waals surface area contributed by atoms with Crippen LogP contribution in [0.5, 0.6) is 0 Å². The van der Waals surface area contributed by atoms with Crippen LogP contribution < -0.4 is 10.6 Å². The third kappa shape index (κ3) is 7.16. The summed E-state index contributed by atoms with van der Waals surface area (Å²) in [6.45, 7) is 8.59. The van der Waals surface area contributed by atoms with Crippen molar-refractivity contribution in [3.05, 3.63) is 29.8 Å². The second kappa shape index (κ2) is 10.3. The van der Waals surface area contributed by atoms with Gasteiger partial charge >= 0.3 is 0 Å². The molecule has 1 unspecified atom stereocenters. The van der Waals surface area contributed by atoms with Crippen LogP contribution in [-0.4, -0.2) is 35.8 Å². The van der Waals surface area contributed by atoms with Crippen LogP contribution >= 0.6 is 0 Å². The van der Waals surface area contributed by atoms with E-state index in [9.17, 15) is 9.59 Å². The van der Waals surface area contributed by atoms with E-state index in [0.29, 0.717) is 18.4 Å². The first-order valence-corrected chi connectivity index (χ1v) is 9.83. The Morgan fingerprint density at radius 1 is 1.15 bits per heavy atom. The Bertz CT molecular complexity index is 583. The van der Waals surface area contributed by atoms with Gasteiger partial charge < -0.3 is 10.6 Å². The predicted octanol–water partition coefficient (Wildman–Crippen LogP) is 3.55. The fraction of sp³-hybridized carbons (Fsp3) is 0.619. The molecule has 1 aromatic rings. The minimum atomic E-state index is -0.194. The molecular formula is C21H33N3O2. The summed E-state index contributed by atoms with van der Waals surface area (Å²) in [7, 11) is 0. The van der Waals surface area contributed by atoms with Gasteiger partial charge in [0, 0.05) is 24.7 Å². The molecule has 5 heteroatoms. The fourth-order valence-corrected chi connectivity index (χ4v) is 3.21. The maximum atomic E-state index is 12.0. The molecule has 1 atom stereocenters. The maximum Gasteiger partial charge on any atom is 0.243 e. The molecule has 0 aliphatic carbocycles. The third-order valence-corrected chi connectivity index (χ3v) is 4.96. The van der Waals surface area contributed by atoms with Gasteiger partial charge in [0.25, 0.3) is 0 Å². The summed E-state index contributed by atoms with van der Waals surface area (Å²) < 4.78 is 0. The number of nitrogens with zero attached hydrogens (tertiary/aromatic N) is 1. The van der Waals surface area contributed by atoms with E-state index in [-0.39, 0.29) is 18.4 Å². The lowest BCUT2D eigenvalue weighted by atomic mass is 10.0. The van der Waals surface area contributed by atoms with Crippen molar-refractivity contribution in [3.63, 3.8) is 0 Å². The molecule has 1 heterocycles. The summed E-state index contributed by atoms with van der Waals surface area (Å²) in [6.07, 6.45) is 5.19. The predicted molar refractivity (Wildman–Crippen MR) is 106 cm³/mol. The lowest BCUT2D eigenvalue weighted by molar-refractivity contribution is -0.124. The van der Waals surface area contributed by atoms with Gasteiger partial charge in [-0.1, -0.05) is 32.4 Å². The number of hydrogen-bond acceptors (Lipinski definition) is 3. The monoisotopic (exact) mass is 359 g/mol. The summed E-state index contributed by atoms with van der Waals surface area (Å²) >= 11 is 0. The first-order valence-electron chi connectivity index (χ1n) is 9.83. The van der Waals surface area contributed by atoms with Crippen molar-refractivity contribution in [3.8, 4) is 0 Å². The maximum absolute atomic E-state index is 12.0. The average Bonchev–Trinajstić information content (AvgIpc) is 2.62. The summed E-state index contributed by atoms with van der Waals surface area (Å²) in [4.78, 5) is 26.2. The molecule has 26 heavy (non-hydrogen) atoms. The van der Waals surface area contributed by atoms with Gasteiger partial charge in [-0.25, -0.2) is 0 Å². The molecule has 0 spiro atoms. The van der Waals surface area contributed by atoms with Crippen molar-refractivity contribution in [2.24, 2.45) is 5.92 Å². The van der Waals surface area contributed by atoms with E-state index in [4.69, 9.17) is 0 Å². The Balaban J connectivity index is 1.74. The van der Waals surface area contributed by atoms with Gasteiger partial charge in [-0.15, -0.1) is 0 Å². The lowest BCUT2D eigenvalue weighted by Crippen LogP contribution is -2.36. The quantitative estimate of drug-likeness (QED) is 0.746. The zero-order valence-electron chi connectivity index (χ0n) is 16.4. The third-order valence-electron chi connectivity index (χ3n) is 4.96. The topological polar surface area (TPSA) is 61.4 Å². The number of hydrogen-bond donors (Lipinski definition) is 2. The van der Waals surface area contributed by atoms with Gasteiger partial charge in [0.05, 0.1) is 6.54 Å². The van der Waals surface area contributed by atoms with Crippen LogP contribution in [0.3, 0.4) is 0 Å². The minimum Gasteiger partial charge on any atom is -0.347 e. The average molecular weight is 360 g/mol. The van der Waals surface area contributed by atoms with Crippen molar-refractivity contribution in [1.82, 2.24) is 10.2 Å². The SMILES string of the molecule is CC(C)CCC(=O)NCC(=O)Nc1ccc(CN2CCCCC2C)cc1. The van der Waals surface area contributed by atoms with E-state index >= 15 is 0 Å². The molecule has 0 saturated carbocycles. The molecule has 1 aliphatic rings. The molecule has 5 nitrogen and oxygen atoms in total. The van der Waals surface area contributed by atoms with Crippen molar-refractivity contribution in [2.45, 2.75) is 65.5 Å². The van der Waals surface area contributed by atoms with Gasteiger partial charge in [0.2, 0.25) is 11.8 Å². The summed E-state index contributed by atoms with van der Waals surface area (Å²) in [5.41, 5.74) is 2.03. The van der Waals surface area contributed by atoms with Crippen LogP contribution in [0, 0.1) is 5.92 Å². The van der Waals surface area contributed by atoms with E-state index < -0.39 is 0 Å². The molecular weight excluding hydrogens is 326 g/mol. The Hall–Kier alpha value is -1.88. The zero-order valence-corrected chi connectivity index (χ0v) is 16.4. The van der Waals surface area contributed by atoms with Gasteiger partial charge in [-0.05, 0) is 56.3 Å². The molecule has 2 rings (SSSR count). The molecule has 0 radical (unpaired) electrons. The number of carbonyl (C=O) groups excluding carboxylic acids is 2. The summed E-state index contributed by atoms with van der Waals surface area (Å²) in [5.74, 6) is 0.223. The molecule has 0 bridgehead atoms. The Morgan fingerprint density at radius 3 is 2.54 bits per heavy atom.